The van der Waals surface area contributed by atoms with Crippen molar-refractivity contribution in [3.63, 3.8) is 0 Å². The number of hydrogen-bond acceptors (Lipinski definition) is 5. The summed E-state index contributed by atoms with van der Waals surface area (Å²) in [5.74, 6) is 0.966. The van der Waals surface area contributed by atoms with Crippen molar-refractivity contribution in [2.24, 2.45) is 0 Å². The number of aryl methyl sites for hydroxylation is 1. The maximum atomic E-state index is 12.5. The van der Waals surface area contributed by atoms with Gasteiger partial charge < -0.3 is 19.5 Å². The first kappa shape index (κ1) is 19.2. The summed E-state index contributed by atoms with van der Waals surface area (Å²) in [7, 11) is 1.57. The fourth-order valence-corrected chi connectivity index (χ4v) is 2.55. The van der Waals surface area contributed by atoms with Crippen LogP contribution < -0.4 is 10.1 Å². The smallest absolute Gasteiger partial charge is 0.254 e. The SMILES string of the molecule is Cc1cc(NC(=O)CN(C)C(=O)c2ccc(OCc3ccccc3)cc2)no1. The van der Waals surface area contributed by atoms with Crippen LogP contribution in [0.5, 0.6) is 5.75 Å². The molecule has 0 unspecified atom stereocenters. The number of carbonyl (C=O) groups excluding carboxylic acids is 2. The Balaban J connectivity index is 1.52. The lowest BCUT2D eigenvalue weighted by molar-refractivity contribution is -0.116. The molecule has 0 radical (unpaired) electrons. The van der Waals surface area contributed by atoms with Crippen LogP contribution in [0.2, 0.25) is 0 Å². The van der Waals surface area contributed by atoms with Crippen molar-refractivity contribution in [3.8, 4) is 5.75 Å². The van der Waals surface area contributed by atoms with E-state index in [9.17, 15) is 9.59 Å². The molecule has 144 valence electrons. The highest BCUT2D eigenvalue weighted by atomic mass is 16.5. The molecule has 0 atom stereocenters. The van der Waals surface area contributed by atoms with E-state index in [1.54, 1.807) is 44.3 Å². The maximum absolute atomic E-state index is 12.5. The predicted octanol–water partition coefficient (Wildman–Crippen LogP) is 3.27. The number of rotatable bonds is 7. The van der Waals surface area contributed by atoms with Crippen LogP contribution in [-0.4, -0.2) is 35.5 Å². The summed E-state index contributed by atoms with van der Waals surface area (Å²) in [5.41, 5.74) is 1.54. The number of benzene rings is 2. The lowest BCUT2D eigenvalue weighted by Gasteiger charge is -2.16. The largest absolute Gasteiger partial charge is 0.489 e. The topological polar surface area (TPSA) is 84.7 Å². The van der Waals surface area contributed by atoms with Crippen LogP contribution in [-0.2, 0) is 11.4 Å². The van der Waals surface area contributed by atoms with Gasteiger partial charge in [-0.3, -0.25) is 9.59 Å². The normalized spacial score (nSPS) is 10.4. The van der Waals surface area contributed by atoms with Crippen molar-refractivity contribution in [1.29, 1.82) is 0 Å². The Morgan fingerprint density at radius 3 is 2.46 bits per heavy atom. The molecule has 0 aliphatic heterocycles. The highest BCUT2D eigenvalue weighted by Crippen LogP contribution is 2.15. The Labute approximate surface area is 162 Å². The molecule has 0 spiro atoms. The second-order valence-corrected chi connectivity index (χ2v) is 6.33. The van der Waals surface area contributed by atoms with Crippen LogP contribution in [0, 0.1) is 6.92 Å². The van der Waals surface area contributed by atoms with Crippen LogP contribution in [0.1, 0.15) is 21.7 Å². The van der Waals surface area contributed by atoms with Crippen molar-refractivity contribution >= 4 is 17.6 Å². The number of likely N-dealkylation sites (N-methyl/N-ethyl adjacent to an activating group) is 1. The number of hydrogen-bond donors (Lipinski definition) is 1. The van der Waals surface area contributed by atoms with Crippen LogP contribution in [0.15, 0.2) is 65.2 Å². The lowest BCUT2D eigenvalue weighted by atomic mass is 10.2. The maximum Gasteiger partial charge on any atom is 0.254 e. The second kappa shape index (κ2) is 8.85. The molecule has 0 saturated carbocycles. The highest BCUT2D eigenvalue weighted by molar-refractivity contribution is 5.98. The molecule has 1 N–H and O–H groups in total. The monoisotopic (exact) mass is 379 g/mol. The second-order valence-electron chi connectivity index (χ2n) is 6.33. The molecular weight excluding hydrogens is 358 g/mol. The van der Waals surface area contributed by atoms with Crippen molar-refractivity contribution in [2.45, 2.75) is 13.5 Å². The van der Waals surface area contributed by atoms with Gasteiger partial charge in [0.2, 0.25) is 5.91 Å². The Kier molecular flexibility index (Phi) is 6.06. The Bertz CT molecular complexity index is 936. The third-order valence-corrected chi connectivity index (χ3v) is 3.97. The molecular formula is C21H21N3O4. The third kappa shape index (κ3) is 5.20. The highest BCUT2D eigenvalue weighted by Gasteiger charge is 2.16. The summed E-state index contributed by atoms with van der Waals surface area (Å²) in [6.07, 6.45) is 0. The Morgan fingerprint density at radius 1 is 1.11 bits per heavy atom. The van der Waals surface area contributed by atoms with Gasteiger partial charge in [0.15, 0.2) is 5.82 Å². The molecule has 0 aliphatic carbocycles. The van der Waals surface area contributed by atoms with E-state index >= 15 is 0 Å². The summed E-state index contributed by atoms with van der Waals surface area (Å²) >= 11 is 0. The molecule has 3 aromatic rings. The Morgan fingerprint density at radius 2 is 1.82 bits per heavy atom. The first-order valence-corrected chi connectivity index (χ1v) is 8.76. The minimum Gasteiger partial charge on any atom is -0.489 e. The minimum absolute atomic E-state index is 0.100. The van der Waals surface area contributed by atoms with Crippen molar-refractivity contribution in [3.05, 3.63) is 77.6 Å². The fourth-order valence-electron chi connectivity index (χ4n) is 2.55. The van der Waals surface area contributed by atoms with E-state index in [2.05, 4.69) is 10.5 Å². The number of aromatic nitrogens is 1. The summed E-state index contributed by atoms with van der Waals surface area (Å²) in [6, 6.07) is 18.3. The standard InChI is InChI=1S/C21H21N3O4/c1-15-12-19(23-28-15)22-20(25)13-24(2)21(26)17-8-10-18(11-9-17)27-14-16-6-4-3-5-7-16/h3-12H,13-14H2,1-2H3,(H,22,23,25). The molecule has 2 aromatic carbocycles. The number of nitrogens with zero attached hydrogens (tertiary/aromatic N) is 2. The van der Waals surface area contributed by atoms with Gasteiger partial charge in [-0.15, -0.1) is 0 Å². The van der Waals surface area contributed by atoms with E-state index in [1.807, 2.05) is 30.3 Å². The van der Waals surface area contributed by atoms with Gasteiger partial charge in [0.05, 0.1) is 6.54 Å². The lowest BCUT2D eigenvalue weighted by Crippen LogP contribution is -2.34. The molecule has 0 fully saturated rings. The zero-order valence-electron chi connectivity index (χ0n) is 15.7. The molecule has 28 heavy (non-hydrogen) atoms. The van der Waals surface area contributed by atoms with Gasteiger partial charge in [-0.2, -0.15) is 0 Å². The molecule has 0 bridgehead atoms. The van der Waals surface area contributed by atoms with Gasteiger partial charge in [0, 0.05) is 18.7 Å². The molecule has 7 heteroatoms. The number of carbonyl (C=O) groups is 2. The summed E-state index contributed by atoms with van der Waals surface area (Å²) in [4.78, 5) is 25.9. The van der Waals surface area contributed by atoms with Gasteiger partial charge >= 0.3 is 0 Å². The van der Waals surface area contributed by atoms with E-state index < -0.39 is 0 Å². The van der Waals surface area contributed by atoms with Crippen LogP contribution in [0.25, 0.3) is 0 Å². The molecule has 3 rings (SSSR count). The number of anilines is 1. The molecule has 1 aromatic heterocycles. The first-order chi connectivity index (χ1) is 13.5. The van der Waals surface area contributed by atoms with E-state index in [1.165, 1.54) is 4.90 Å². The predicted molar refractivity (Wildman–Crippen MR) is 104 cm³/mol. The fraction of sp³-hybridized carbons (Fsp3) is 0.190. The zero-order valence-corrected chi connectivity index (χ0v) is 15.7. The van der Waals surface area contributed by atoms with Gasteiger partial charge in [0.25, 0.3) is 5.91 Å². The van der Waals surface area contributed by atoms with Crippen LogP contribution in [0.3, 0.4) is 0 Å². The van der Waals surface area contributed by atoms with Gasteiger partial charge in [-0.05, 0) is 36.8 Å². The van der Waals surface area contributed by atoms with Gasteiger partial charge in [-0.1, -0.05) is 35.5 Å². The minimum atomic E-state index is -0.355. The van der Waals surface area contributed by atoms with Crippen LogP contribution >= 0.6 is 0 Å². The summed E-state index contributed by atoms with van der Waals surface area (Å²) < 4.78 is 10.6. The average Bonchev–Trinajstić information content (AvgIpc) is 3.11. The third-order valence-electron chi connectivity index (χ3n) is 3.97. The van der Waals surface area contributed by atoms with Crippen molar-refractivity contribution in [1.82, 2.24) is 10.1 Å². The van der Waals surface area contributed by atoms with Gasteiger partial charge in [0.1, 0.15) is 18.1 Å². The van der Waals surface area contributed by atoms with E-state index in [0.717, 1.165) is 5.56 Å². The van der Waals surface area contributed by atoms with E-state index in [0.29, 0.717) is 29.5 Å². The van der Waals surface area contributed by atoms with Gasteiger partial charge in [-0.25, -0.2) is 0 Å². The molecule has 0 aliphatic rings. The summed E-state index contributed by atoms with van der Waals surface area (Å²) in [5, 5.41) is 6.27. The number of nitrogens with one attached hydrogen (secondary N) is 1. The van der Waals surface area contributed by atoms with E-state index in [4.69, 9.17) is 9.26 Å². The zero-order chi connectivity index (χ0) is 19.9. The molecule has 0 saturated heterocycles. The number of amides is 2. The van der Waals surface area contributed by atoms with Crippen molar-refractivity contribution in [2.75, 3.05) is 18.9 Å². The number of ether oxygens (including phenoxy) is 1. The molecule has 1 heterocycles. The van der Waals surface area contributed by atoms with Crippen molar-refractivity contribution < 1.29 is 18.8 Å². The average molecular weight is 379 g/mol. The first-order valence-electron chi connectivity index (χ1n) is 8.76. The van der Waals surface area contributed by atoms with E-state index in [-0.39, 0.29) is 18.4 Å². The summed E-state index contributed by atoms with van der Waals surface area (Å²) in [6.45, 7) is 2.08. The quantitative estimate of drug-likeness (QED) is 0.681. The molecule has 7 nitrogen and oxygen atoms in total. The Hall–Kier alpha value is -3.61. The van der Waals surface area contributed by atoms with Crippen LogP contribution in [0.4, 0.5) is 5.82 Å². The molecule has 2 amide bonds.